The molecule has 1 aliphatic heterocycles. The first-order valence-corrected chi connectivity index (χ1v) is 10.8. The molecule has 7 nitrogen and oxygen atoms in total. The molecule has 2 aromatic heterocycles. The van der Waals surface area contributed by atoms with Gasteiger partial charge in [0.05, 0.1) is 7.11 Å². The van der Waals surface area contributed by atoms with E-state index in [1.54, 1.807) is 30.6 Å². The van der Waals surface area contributed by atoms with E-state index in [-0.39, 0.29) is 11.5 Å². The van der Waals surface area contributed by atoms with Crippen LogP contribution in [0.3, 0.4) is 0 Å². The van der Waals surface area contributed by atoms with Crippen LogP contribution in [0.1, 0.15) is 12.8 Å². The lowest BCUT2D eigenvalue weighted by atomic mass is 10.0. The van der Waals surface area contributed by atoms with E-state index in [9.17, 15) is 13.6 Å². The lowest BCUT2D eigenvalue weighted by molar-refractivity contribution is -0.123. The number of nitrogens with one attached hydrogen (secondary N) is 2. The third-order valence-corrected chi connectivity index (χ3v) is 5.76. The topological polar surface area (TPSA) is 89.0 Å². The van der Waals surface area contributed by atoms with Crippen LogP contribution in [0.5, 0.6) is 5.75 Å². The Morgan fingerprint density at radius 2 is 2.00 bits per heavy atom. The van der Waals surface area contributed by atoms with Gasteiger partial charge in [0.1, 0.15) is 23.1 Å². The second kappa shape index (κ2) is 9.01. The van der Waals surface area contributed by atoms with Crippen molar-refractivity contribution in [2.75, 3.05) is 19.0 Å². The fraction of sp³-hybridized carbons (Fsp3) is 0.200. The summed E-state index contributed by atoms with van der Waals surface area (Å²) >= 11 is 0. The standard InChI is InChI=1S/C25H21F2N5O2/c1-34-20-12-15(16-6-2-7-18(26)21(16)27)11-17-22(20)31-23(14-5-3-9-28-13-14)32-24(17)30-19-8-4-10-29-25(19)33/h2-3,5-7,9,11-13,19H,4,8,10H2,1H3,(H,29,33)(H,30,31,32). The van der Waals surface area contributed by atoms with E-state index in [0.29, 0.717) is 52.4 Å². The van der Waals surface area contributed by atoms with E-state index < -0.39 is 17.7 Å². The van der Waals surface area contributed by atoms with Crippen LogP contribution in [0.2, 0.25) is 0 Å². The van der Waals surface area contributed by atoms with Crippen LogP contribution >= 0.6 is 0 Å². The Bertz CT molecular complexity index is 1380. The maximum atomic E-state index is 14.6. The molecule has 1 fully saturated rings. The molecule has 3 heterocycles. The molecule has 0 saturated carbocycles. The number of hydrogen-bond donors (Lipinski definition) is 2. The molecular weight excluding hydrogens is 440 g/mol. The first kappa shape index (κ1) is 21.7. The van der Waals surface area contributed by atoms with Crippen LogP contribution in [0.25, 0.3) is 33.4 Å². The highest BCUT2D eigenvalue weighted by Gasteiger charge is 2.25. The van der Waals surface area contributed by atoms with Gasteiger partial charge in [-0.3, -0.25) is 9.78 Å². The third kappa shape index (κ3) is 4.00. The number of nitrogens with zero attached hydrogens (tertiary/aromatic N) is 3. The zero-order valence-electron chi connectivity index (χ0n) is 18.3. The summed E-state index contributed by atoms with van der Waals surface area (Å²) in [7, 11) is 1.48. The Hall–Kier alpha value is -4.14. The molecule has 0 bridgehead atoms. The molecule has 34 heavy (non-hydrogen) atoms. The zero-order valence-corrected chi connectivity index (χ0v) is 18.3. The molecule has 0 radical (unpaired) electrons. The van der Waals surface area contributed by atoms with Gasteiger partial charge in [0.2, 0.25) is 5.91 Å². The molecule has 1 aliphatic rings. The Labute approximate surface area is 194 Å². The summed E-state index contributed by atoms with van der Waals surface area (Å²) < 4.78 is 34.1. The van der Waals surface area contributed by atoms with Crippen molar-refractivity contribution >= 4 is 22.6 Å². The zero-order chi connectivity index (χ0) is 23.7. The average molecular weight is 461 g/mol. The van der Waals surface area contributed by atoms with Crippen molar-refractivity contribution in [3.8, 4) is 28.3 Å². The minimum absolute atomic E-state index is 0.0814. The molecule has 2 N–H and O–H groups in total. The number of fused-ring (bicyclic) bond motifs is 1. The predicted octanol–water partition coefficient (Wildman–Crippen LogP) is 4.34. The normalized spacial score (nSPS) is 15.7. The Morgan fingerprint density at radius 3 is 2.76 bits per heavy atom. The van der Waals surface area contributed by atoms with Crippen molar-refractivity contribution < 1.29 is 18.3 Å². The average Bonchev–Trinajstić information content (AvgIpc) is 2.87. The summed E-state index contributed by atoms with van der Waals surface area (Å²) in [5.41, 5.74) is 1.63. The molecule has 1 unspecified atom stereocenters. The summed E-state index contributed by atoms with van der Waals surface area (Å²) in [6.07, 6.45) is 4.75. The van der Waals surface area contributed by atoms with Crippen LogP contribution in [-0.2, 0) is 4.79 Å². The van der Waals surface area contributed by atoms with Crippen molar-refractivity contribution in [3.63, 3.8) is 0 Å². The molecule has 1 saturated heterocycles. The number of carbonyl (C=O) groups is 1. The lowest BCUT2D eigenvalue weighted by Crippen LogP contribution is -2.44. The second-order valence-electron chi connectivity index (χ2n) is 7.94. The quantitative estimate of drug-likeness (QED) is 0.460. The Morgan fingerprint density at radius 1 is 1.12 bits per heavy atom. The maximum absolute atomic E-state index is 14.6. The summed E-state index contributed by atoms with van der Waals surface area (Å²) in [4.78, 5) is 25.9. The second-order valence-corrected chi connectivity index (χ2v) is 7.94. The van der Waals surface area contributed by atoms with Crippen molar-refractivity contribution in [1.29, 1.82) is 0 Å². The molecular formula is C25H21F2N5O2. The van der Waals surface area contributed by atoms with Gasteiger partial charge in [-0.25, -0.2) is 18.7 Å². The summed E-state index contributed by atoms with van der Waals surface area (Å²) in [5, 5.41) is 6.60. The van der Waals surface area contributed by atoms with Crippen molar-refractivity contribution in [2.45, 2.75) is 18.9 Å². The van der Waals surface area contributed by atoms with Gasteiger partial charge in [-0.05, 0) is 48.7 Å². The number of aromatic nitrogens is 3. The van der Waals surface area contributed by atoms with Gasteiger partial charge in [-0.1, -0.05) is 12.1 Å². The van der Waals surface area contributed by atoms with E-state index in [4.69, 9.17) is 4.74 Å². The third-order valence-electron chi connectivity index (χ3n) is 5.76. The number of methoxy groups -OCH3 is 1. The van der Waals surface area contributed by atoms with E-state index >= 15 is 0 Å². The number of pyridine rings is 1. The largest absolute Gasteiger partial charge is 0.494 e. The number of carbonyl (C=O) groups excluding carboxylic acids is 1. The number of ether oxygens (including phenoxy) is 1. The monoisotopic (exact) mass is 461 g/mol. The van der Waals surface area contributed by atoms with Crippen LogP contribution in [0, 0.1) is 11.6 Å². The molecule has 2 aromatic carbocycles. The van der Waals surface area contributed by atoms with Gasteiger partial charge in [0, 0.05) is 35.5 Å². The maximum Gasteiger partial charge on any atom is 0.242 e. The highest BCUT2D eigenvalue weighted by Crippen LogP contribution is 2.37. The van der Waals surface area contributed by atoms with E-state index in [2.05, 4.69) is 25.6 Å². The summed E-state index contributed by atoms with van der Waals surface area (Å²) in [6, 6.07) is 10.4. The molecule has 0 aliphatic carbocycles. The van der Waals surface area contributed by atoms with Crippen LogP contribution in [0.15, 0.2) is 54.9 Å². The highest BCUT2D eigenvalue weighted by atomic mass is 19.2. The summed E-state index contributed by atoms with van der Waals surface area (Å²) in [6.45, 7) is 0.624. The number of anilines is 1. The molecule has 0 spiro atoms. The van der Waals surface area contributed by atoms with Crippen molar-refractivity contribution in [1.82, 2.24) is 20.3 Å². The minimum Gasteiger partial charge on any atom is -0.494 e. The number of amides is 1. The first-order chi connectivity index (χ1) is 16.5. The number of rotatable bonds is 5. The Balaban J connectivity index is 1.74. The summed E-state index contributed by atoms with van der Waals surface area (Å²) in [5.74, 6) is -0.889. The molecule has 5 rings (SSSR count). The van der Waals surface area contributed by atoms with E-state index in [1.165, 1.54) is 19.2 Å². The number of hydrogen-bond acceptors (Lipinski definition) is 6. The smallest absolute Gasteiger partial charge is 0.242 e. The molecule has 1 amide bonds. The highest BCUT2D eigenvalue weighted by molar-refractivity contribution is 5.99. The van der Waals surface area contributed by atoms with Gasteiger partial charge in [0.15, 0.2) is 17.5 Å². The van der Waals surface area contributed by atoms with Gasteiger partial charge < -0.3 is 15.4 Å². The predicted molar refractivity (Wildman–Crippen MR) is 124 cm³/mol. The first-order valence-electron chi connectivity index (χ1n) is 10.8. The molecule has 9 heteroatoms. The molecule has 1 atom stereocenters. The van der Waals surface area contributed by atoms with Crippen LogP contribution in [0.4, 0.5) is 14.6 Å². The van der Waals surface area contributed by atoms with E-state index in [1.807, 2.05) is 6.07 Å². The fourth-order valence-electron chi connectivity index (χ4n) is 4.05. The SMILES string of the molecule is COc1cc(-c2cccc(F)c2F)cc2c(NC3CCCNC3=O)nc(-c3cccnc3)nc12. The van der Waals surface area contributed by atoms with Crippen LogP contribution in [-0.4, -0.2) is 40.6 Å². The minimum atomic E-state index is -0.960. The number of piperidine rings is 1. The fourth-order valence-corrected chi connectivity index (χ4v) is 4.05. The lowest BCUT2D eigenvalue weighted by Gasteiger charge is -2.24. The number of halogens is 2. The van der Waals surface area contributed by atoms with Gasteiger partial charge in [0.25, 0.3) is 0 Å². The van der Waals surface area contributed by atoms with Crippen molar-refractivity contribution in [2.24, 2.45) is 0 Å². The Kier molecular flexibility index (Phi) is 5.75. The van der Waals surface area contributed by atoms with Gasteiger partial charge >= 0.3 is 0 Å². The number of benzene rings is 2. The van der Waals surface area contributed by atoms with Crippen LogP contribution < -0.4 is 15.4 Å². The van der Waals surface area contributed by atoms with Crippen molar-refractivity contribution in [3.05, 3.63) is 66.5 Å². The molecule has 172 valence electrons. The van der Waals surface area contributed by atoms with Gasteiger partial charge in [-0.2, -0.15) is 0 Å². The van der Waals surface area contributed by atoms with Gasteiger partial charge in [-0.15, -0.1) is 0 Å². The van der Waals surface area contributed by atoms with E-state index in [0.717, 1.165) is 12.5 Å². The molecule has 4 aromatic rings.